The van der Waals surface area contributed by atoms with E-state index < -0.39 is 0 Å². The van der Waals surface area contributed by atoms with Gasteiger partial charge in [0, 0.05) is 19.2 Å². The van der Waals surface area contributed by atoms with Crippen molar-refractivity contribution >= 4 is 17.8 Å². The number of aliphatic imine (C=N–C) groups is 1. The van der Waals surface area contributed by atoms with Crippen LogP contribution in [-0.4, -0.2) is 30.6 Å². The van der Waals surface area contributed by atoms with Crippen LogP contribution in [0.5, 0.6) is 0 Å². The second kappa shape index (κ2) is 9.53. The lowest BCUT2D eigenvalue weighted by atomic mass is 9.94. The maximum atomic E-state index is 11.9. The van der Waals surface area contributed by atoms with Crippen LogP contribution in [0.4, 0.5) is 5.69 Å². The molecule has 0 N–H and O–H groups in total. The first-order valence-corrected chi connectivity index (χ1v) is 10.4. The first-order chi connectivity index (χ1) is 14.4. The van der Waals surface area contributed by atoms with Gasteiger partial charge in [0.1, 0.15) is 0 Å². The van der Waals surface area contributed by atoms with Gasteiger partial charge in [-0.15, -0.1) is 0 Å². The molecule has 0 aromatic heterocycles. The van der Waals surface area contributed by atoms with Crippen LogP contribution in [0.1, 0.15) is 46.5 Å². The molecule has 0 aliphatic heterocycles. The molecule has 0 heterocycles. The third-order valence-electron chi connectivity index (χ3n) is 5.51. The SMILES string of the molecule is CCN(C)/C=N\c1cc(C)c(Cc2ccc(-c3ccccc3C(C)=O)cc2)cc1C. The molecular formula is C27H30N2O. The Kier molecular flexibility index (Phi) is 6.83. The summed E-state index contributed by atoms with van der Waals surface area (Å²) in [4.78, 5) is 18.6. The van der Waals surface area contributed by atoms with Crippen molar-refractivity contribution in [2.75, 3.05) is 13.6 Å². The summed E-state index contributed by atoms with van der Waals surface area (Å²) in [6.45, 7) is 8.92. The predicted molar refractivity (Wildman–Crippen MR) is 127 cm³/mol. The zero-order valence-corrected chi connectivity index (χ0v) is 18.6. The van der Waals surface area contributed by atoms with Crippen molar-refractivity contribution in [3.8, 4) is 11.1 Å². The normalized spacial score (nSPS) is 11.1. The van der Waals surface area contributed by atoms with Gasteiger partial charge in [0.05, 0.1) is 12.0 Å². The van der Waals surface area contributed by atoms with Gasteiger partial charge in [-0.05, 0) is 73.6 Å². The van der Waals surface area contributed by atoms with Crippen LogP contribution in [0, 0.1) is 13.8 Å². The van der Waals surface area contributed by atoms with E-state index in [-0.39, 0.29) is 5.78 Å². The van der Waals surface area contributed by atoms with Crippen LogP contribution in [0.25, 0.3) is 11.1 Å². The van der Waals surface area contributed by atoms with Crippen LogP contribution in [-0.2, 0) is 6.42 Å². The average Bonchev–Trinajstić information content (AvgIpc) is 2.75. The van der Waals surface area contributed by atoms with Gasteiger partial charge >= 0.3 is 0 Å². The molecule has 0 unspecified atom stereocenters. The predicted octanol–water partition coefficient (Wildman–Crippen LogP) is 6.38. The molecule has 0 aliphatic carbocycles. The van der Waals surface area contributed by atoms with Crippen molar-refractivity contribution in [1.29, 1.82) is 0 Å². The Labute approximate surface area is 180 Å². The zero-order valence-electron chi connectivity index (χ0n) is 18.6. The van der Waals surface area contributed by atoms with Gasteiger partial charge in [-0.25, -0.2) is 4.99 Å². The Hall–Kier alpha value is -3.20. The molecule has 0 bridgehead atoms. The summed E-state index contributed by atoms with van der Waals surface area (Å²) >= 11 is 0. The molecule has 3 aromatic rings. The van der Waals surface area contributed by atoms with Crippen molar-refractivity contribution in [3.05, 3.63) is 88.5 Å². The minimum absolute atomic E-state index is 0.0913. The number of rotatable bonds is 7. The lowest BCUT2D eigenvalue weighted by Gasteiger charge is -2.13. The Morgan fingerprint density at radius 3 is 2.37 bits per heavy atom. The van der Waals surface area contributed by atoms with Crippen molar-refractivity contribution in [1.82, 2.24) is 4.90 Å². The topological polar surface area (TPSA) is 32.7 Å². The first-order valence-electron chi connectivity index (χ1n) is 10.4. The molecule has 0 spiro atoms. The highest BCUT2D eigenvalue weighted by Gasteiger charge is 2.09. The number of ketones is 1. The van der Waals surface area contributed by atoms with E-state index in [1.54, 1.807) is 6.92 Å². The van der Waals surface area contributed by atoms with E-state index in [1.807, 2.05) is 37.7 Å². The van der Waals surface area contributed by atoms with Crippen molar-refractivity contribution in [3.63, 3.8) is 0 Å². The van der Waals surface area contributed by atoms with Gasteiger partial charge < -0.3 is 4.90 Å². The van der Waals surface area contributed by atoms with E-state index >= 15 is 0 Å². The standard InChI is InChI=1S/C27H30N2O/c1-6-29(5)18-28-27-16-19(2)24(15-20(27)3)17-22-11-13-23(14-12-22)26-10-8-7-9-25(26)21(4)30/h7-16,18H,6,17H2,1-5H3/b28-18-. The van der Waals surface area contributed by atoms with E-state index in [0.717, 1.165) is 35.3 Å². The number of aryl methyl sites for hydroxylation is 2. The maximum absolute atomic E-state index is 11.9. The van der Waals surface area contributed by atoms with Crippen molar-refractivity contribution in [2.45, 2.75) is 34.1 Å². The quantitative estimate of drug-likeness (QED) is 0.263. The summed E-state index contributed by atoms with van der Waals surface area (Å²) in [5.74, 6) is 0.0913. The molecule has 0 radical (unpaired) electrons. The van der Waals surface area contributed by atoms with E-state index in [0.29, 0.717) is 0 Å². The molecule has 0 fully saturated rings. The van der Waals surface area contributed by atoms with Crippen LogP contribution in [0.15, 0.2) is 65.7 Å². The summed E-state index contributed by atoms with van der Waals surface area (Å²) in [5.41, 5.74) is 8.84. The van der Waals surface area contributed by atoms with E-state index in [9.17, 15) is 4.79 Å². The molecule has 0 saturated heterocycles. The molecule has 0 saturated carbocycles. The average molecular weight is 399 g/mol. The number of Topliss-reactive ketones (excluding diaryl/α,β-unsaturated/α-hetero) is 1. The molecule has 30 heavy (non-hydrogen) atoms. The van der Waals surface area contributed by atoms with Gasteiger partial charge in [-0.1, -0.05) is 54.6 Å². The van der Waals surface area contributed by atoms with Gasteiger partial charge in [-0.2, -0.15) is 0 Å². The minimum Gasteiger partial charge on any atom is -0.366 e. The molecule has 154 valence electrons. The Morgan fingerprint density at radius 2 is 1.70 bits per heavy atom. The number of benzene rings is 3. The third-order valence-corrected chi connectivity index (χ3v) is 5.51. The number of hydrogen-bond acceptors (Lipinski definition) is 2. The summed E-state index contributed by atoms with van der Waals surface area (Å²) < 4.78 is 0. The fourth-order valence-corrected chi connectivity index (χ4v) is 3.50. The fourth-order valence-electron chi connectivity index (χ4n) is 3.50. The molecule has 0 amide bonds. The number of carbonyl (C=O) groups is 1. The zero-order chi connectivity index (χ0) is 21.7. The largest absolute Gasteiger partial charge is 0.366 e. The number of carbonyl (C=O) groups excluding carboxylic acids is 1. The van der Waals surface area contributed by atoms with Crippen LogP contribution in [0.2, 0.25) is 0 Å². The van der Waals surface area contributed by atoms with Crippen LogP contribution >= 0.6 is 0 Å². The Bertz CT molecular complexity index is 1060. The summed E-state index contributed by atoms with van der Waals surface area (Å²) in [7, 11) is 2.03. The lowest BCUT2D eigenvalue weighted by Crippen LogP contribution is -2.14. The van der Waals surface area contributed by atoms with Gasteiger partial charge in [0.2, 0.25) is 0 Å². The molecular weight excluding hydrogens is 368 g/mol. The van der Waals surface area contributed by atoms with E-state index in [1.165, 1.54) is 22.3 Å². The molecule has 0 atom stereocenters. The maximum Gasteiger partial charge on any atom is 0.160 e. The Morgan fingerprint density at radius 1 is 1.00 bits per heavy atom. The smallest absolute Gasteiger partial charge is 0.160 e. The Balaban J connectivity index is 1.82. The second-order valence-corrected chi connectivity index (χ2v) is 7.86. The van der Waals surface area contributed by atoms with Crippen LogP contribution < -0.4 is 0 Å². The molecule has 3 heteroatoms. The molecule has 0 aliphatic rings. The lowest BCUT2D eigenvalue weighted by molar-refractivity contribution is 0.101. The highest BCUT2D eigenvalue weighted by Crippen LogP contribution is 2.27. The summed E-state index contributed by atoms with van der Waals surface area (Å²) in [6, 6.07) is 20.7. The van der Waals surface area contributed by atoms with Gasteiger partial charge in [-0.3, -0.25) is 4.79 Å². The molecule has 3 aromatic carbocycles. The second-order valence-electron chi connectivity index (χ2n) is 7.86. The molecule has 3 rings (SSSR count). The fraction of sp³-hybridized carbons (Fsp3) is 0.259. The highest BCUT2D eigenvalue weighted by atomic mass is 16.1. The van der Waals surface area contributed by atoms with E-state index in [4.69, 9.17) is 0 Å². The van der Waals surface area contributed by atoms with Gasteiger partial charge in [0.15, 0.2) is 5.78 Å². The summed E-state index contributed by atoms with van der Waals surface area (Å²) in [6.07, 6.45) is 2.76. The minimum atomic E-state index is 0.0913. The van der Waals surface area contributed by atoms with Crippen molar-refractivity contribution < 1.29 is 4.79 Å². The summed E-state index contributed by atoms with van der Waals surface area (Å²) in [5, 5.41) is 0. The van der Waals surface area contributed by atoms with Crippen LogP contribution in [0.3, 0.4) is 0 Å². The van der Waals surface area contributed by atoms with Crippen molar-refractivity contribution in [2.24, 2.45) is 4.99 Å². The number of nitrogens with zero attached hydrogens (tertiary/aromatic N) is 2. The highest BCUT2D eigenvalue weighted by molar-refractivity contribution is 6.00. The number of hydrogen-bond donors (Lipinski definition) is 0. The molecule has 3 nitrogen and oxygen atoms in total. The van der Waals surface area contributed by atoms with E-state index in [2.05, 4.69) is 67.1 Å². The van der Waals surface area contributed by atoms with Gasteiger partial charge in [0.25, 0.3) is 0 Å². The third kappa shape index (κ3) is 5.04. The monoisotopic (exact) mass is 398 g/mol. The first kappa shape index (κ1) is 21.5.